The van der Waals surface area contributed by atoms with Crippen LogP contribution in [0.4, 0.5) is 4.39 Å². The van der Waals surface area contributed by atoms with Crippen molar-refractivity contribution in [3.05, 3.63) is 36.5 Å². The van der Waals surface area contributed by atoms with Gasteiger partial charge in [-0.25, -0.2) is 4.39 Å². The average Bonchev–Trinajstić information content (AvgIpc) is 2.61. The van der Waals surface area contributed by atoms with Crippen molar-refractivity contribution in [1.82, 2.24) is 4.57 Å². The Balaban J connectivity index is 2.42. The highest BCUT2D eigenvalue weighted by molar-refractivity contribution is 5.79. The van der Waals surface area contributed by atoms with Crippen LogP contribution in [0.1, 0.15) is 26.1 Å². The van der Waals surface area contributed by atoms with Crippen molar-refractivity contribution < 1.29 is 4.39 Å². The Morgan fingerprint density at radius 1 is 1.29 bits per heavy atom. The molecular formula is C12H14FN. The fourth-order valence-electron chi connectivity index (χ4n) is 1.73. The molecule has 0 radical (unpaired) electrons. The molecule has 2 rings (SSSR count). The zero-order valence-corrected chi connectivity index (χ0v) is 8.28. The Bertz CT molecular complexity index is 419. The molecule has 1 heterocycles. The zero-order valence-electron chi connectivity index (χ0n) is 8.28. The molecule has 0 amide bonds. The van der Waals surface area contributed by atoms with E-state index in [-0.39, 0.29) is 0 Å². The summed E-state index contributed by atoms with van der Waals surface area (Å²) in [6.45, 7) is 2.00. The van der Waals surface area contributed by atoms with Gasteiger partial charge in [-0.15, -0.1) is 0 Å². The van der Waals surface area contributed by atoms with Gasteiger partial charge in [0, 0.05) is 6.20 Å². The largest absolute Gasteiger partial charge is 0.317 e. The summed E-state index contributed by atoms with van der Waals surface area (Å²) < 4.78 is 15.4. The lowest BCUT2D eigenvalue weighted by Gasteiger charge is -2.10. The minimum atomic E-state index is -0.889. The van der Waals surface area contributed by atoms with Gasteiger partial charge in [0.2, 0.25) is 0 Å². The number of rotatable bonds is 3. The lowest BCUT2D eigenvalue weighted by Crippen LogP contribution is -2.00. The molecule has 2 aromatic rings. The predicted molar refractivity (Wildman–Crippen MR) is 57.0 cm³/mol. The third-order valence-corrected chi connectivity index (χ3v) is 2.46. The van der Waals surface area contributed by atoms with Crippen LogP contribution in [0, 0.1) is 0 Å². The van der Waals surface area contributed by atoms with Gasteiger partial charge >= 0.3 is 0 Å². The molecule has 14 heavy (non-hydrogen) atoms. The number of para-hydroxylation sites is 1. The maximum Gasteiger partial charge on any atom is 0.176 e. The van der Waals surface area contributed by atoms with E-state index in [0.29, 0.717) is 6.42 Å². The molecule has 1 nitrogen and oxygen atoms in total. The van der Waals surface area contributed by atoms with E-state index >= 15 is 0 Å². The molecule has 0 fully saturated rings. The van der Waals surface area contributed by atoms with Crippen LogP contribution < -0.4 is 0 Å². The van der Waals surface area contributed by atoms with Crippen LogP contribution >= 0.6 is 0 Å². The Kier molecular flexibility index (Phi) is 2.53. The number of hydrogen-bond donors (Lipinski definition) is 0. The van der Waals surface area contributed by atoms with E-state index in [1.54, 1.807) is 4.57 Å². The van der Waals surface area contributed by atoms with Gasteiger partial charge in [-0.3, -0.25) is 0 Å². The minimum Gasteiger partial charge on any atom is -0.317 e. The summed E-state index contributed by atoms with van der Waals surface area (Å²) in [6, 6.07) is 9.83. The summed E-state index contributed by atoms with van der Waals surface area (Å²) in [6.07, 6.45) is 2.39. The first-order chi connectivity index (χ1) is 6.83. The highest BCUT2D eigenvalue weighted by Gasteiger charge is 2.09. The first kappa shape index (κ1) is 9.25. The summed E-state index contributed by atoms with van der Waals surface area (Å²) in [5.41, 5.74) is 0.980. The highest BCUT2D eigenvalue weighted by atomic mass is 19.1. The van der Waals surface area contributed by atoms with Gasteiger partial charge in [-0.1, -0.05) is 31.5 Å². The second-order valence-corrected chi connectivity index (χ2v) is 3.50. The molecule has 0 aliphatic rings. The van der Waals surface area contributed by atoms with E-state index < -0.39 is 6.30 Å². The Morgan fingerprint density at radius 2 is 2.07 bits per heavy atom. The van der Waals surface area contributed by atoms with Crippen LogP contribution in [0.15, 0.2) is 36.5 Å². The Morgan fingerprint density at radius 3 is 2.86 bits per heavy atom. The molecule has 2 heteroatoms. The van der Waals surface area contributed by atoms with Crippen molar-refractivity contribution in [3.63, 3.8) is 0 Å². The number of alkyl halides is 1. The summed E-state index contributed by atoms with van der Waals surface area (Å²) >= 11 is 0. The Labute approximate surface area is 83.2 Å². The van der Waals surface area contributed by atoms with E-state index in [1.807, 2.05) is 43.5 Å². The van der Waals surface area contributed by atoms with Crippen LogP contribution in [0.25, 0.3) is 10.9 Å². The molecule has 1 aromatic heterocycles. The second-order valence-electron chi connectivity index (χ2n) is 3.50. The van der Waals surface area contributed by atoms with E-state index in [9.17, 15) is 4.39 Å². The molecule has 74 valence electrons. The third kappa shape index (κ3) is 1.52. The summed E-state index contributed by atoms with van der Waals surface area (Å²) in [5, 5.41) is 1.10. The van der Waals surface area contributed by atoms with Crippen molar-refractivity contribution in [2.45, 2.75) is 26.1 Å². The Hall–Kier alpha value is -1.31. The first-order valence-corrected chi connectivity index (χ1v) is 5.02. The lowest BCUT2D eigenvalue weighted by molar-refractivity contribution is 0.230. The van der Waals surface area contributed by atoms with Gasteiger partial charge in [-0.2, -0.15) is 0 Å². The van der Waals surface area contributed by atoms with Gasteiger partial charge in [0.1, 0.15) is 0 Å². The number of nitrogens with zero attached hydrogens (tertiary/aromatic N) is 1. The SMILES string of the molecule is CCCC(F)n1ccc2ccccc21. The van der Waals surface area contributed by atoms with Gasteiger partial charge in [0.05, 0.1) is 5.52 Å². The van der Waals surface area contributed by atoms with E-state index in [1.165, 1.54) is 0 Å². The highest BCUT2D eigenvalue weighted by Crippen LogP contribution is 2.23. The smallest absolute Gasteiger partial charge is 0.176 e. The fraction of sp³-hybridized carbons (Fsp3) is 0.333. The predicted octanol–water partition coefficient (Wildman–Crippen LogP) is 3.91. The monoisotopic (exact) mass is 191 g/mol. The average molecular weight is 191 g/mol. The second kappa shape index (κ2) is 3.82. The van der Waals surface area contributed by atoms with Crippen molar-refractivity contribution in [1.29, 1.82) is 0 Å². The molecule has 0 spiro atoms. The molecule has 1 aromatic carbocycles. The van der Waals surface area contributed by atoms with Crippen LogP contribution in [0.3, 0.4) is 0 Å². The molecule has 0 aliphatic heterocycles. The van der Waals surface area contributed by atoms with Gasteiger partial charge in [0.25, 0.3) is 0 Å². The molecule has 0 saturated carbocycles. The summed E-state index contributed by atoms with van der Waals surface area (Å²) in [5.74, 6) is 0. The molecule has 0 bridgehead atoms. The van der Waals surface area contributed by atoms with Crippen molar-refractivity contribution in [3.8, 4) is 0 Å². The topological polar surface area (TPSA) is 4.93 Å². The van der Waals surface area contributed by atoms with Crippen molar-refractivity contribution >= 4 is 10.9 Å². The van der Waals surface area contributed by atoms with Crippen LogP contribution in [-0.4, -0.2) is 4.57 Å². The number of hydrogen-bond acceptors (Lipinski definition) is 0. The molecule has 1 unspecified atom stereocenters. The molecule has 0 aliphatic carbocycles. The zero-order chi connectivity index (χ0) is 9.97. The van der Waals surface area contributed by atoms with Gasteiger partial charge in [0.15, 0.2) is 6.30 Å². The van der Waals surface area contributed by atoms with E-state index in [2.05, 4.69) is 0 Å². The van der Waals surface area contributed by atoms with E-state index in [4.69, 9.17) is 0 Å². The first-order valence-electron chi connectivity index (χ1n) is 5.02. The molecule has 0 N–H and O–H groups in total. The van der Waals surface area contributed by atoms with Crippen LogP contribution in [-0.2, 0) is 0 Å². The van der Waals surface area contributed by atoms with Gasteiger partial charge in [-0.05, 0) is 23.9 Å². The molecule has 1 atom stereocenters. The molecular weight excluding hydrogens is 177 g/mol. The van der Waals surface area contributed by atoms with Crippen molar-refractivity contribution in [2.75, 3.05) is 0 Å². The summed E-state index contributed by atoms with van der Waals surface area (Å²) in [7, 11) is 0. The van der Waals surface area contributed by atoms with Gasteiger partial charge < -0.3 is 4.57 Å². The van der Waals surface area contributed by atoms with Crippen LogP contribution in [0.5, 0.6) is 0 Å². The normalized spacial score (nSPS) is 13.3. The number of benzene rings is 1. The lowest BCUT2D eigenvalue weighted by atomic mass is 10.2. The maximum atomic E-state index is 13.7. The summed E-state index contributed by atoms with van der Waals surface area (Å²) in [4.78, 5) is 0. The maximum absolute atomic E-state index is 13.7. The standard InChI is InChI=1S/C12H14FN/c1-2-5-12(13)14-9-8-10-6-3-4-7-11(10)14/h3-4,6-9,12H,2,5H2,1H3. The third-order valence-electron chi connectivity index (χ3n) is 2.46. The van der Waals surface area contributed by atoms with E-state index in [0.717, 1.165) is 17.3 Å². The fourth-order valence-corrected chi connectivity index (χ4v) is 1.73. The quantitative estimate of drug-likeness (QED) is 0.693. The molecule has 0 saturated heterocycles. The van der Waals surface area contributed by atoms with Crippen molar-refractivity contribution in [2.24, 2.45) is 0 Å². The number of aromatic nitrogens is 1. The minimum absolute atomic E-state index is 0.582. The van der Waals surface area contributed by atoms with Crippen LogP contribution in [0.2, 0.25) is 0 Å². The number of fused-ring (bicyclic) bond motifs is 1. The number of halogens is 1.